The summed E-state index contributed by atoms with van der Waals surface area (Å²) in [7, 11) is 0. The number of imide groups is 1. The fraction of sp³-hybridized carbons (Fsp3) is 0.167. The maximum absolute atomic E-state index is 12.6. The zero-order chi connectivity index (χ0) is 19.1. The van der Waals surface area contributed by atoms with E-state index >= 15 is 0 Å². The Kier molecular flexibility index (Phi) is 4.77. The first-order valence-corrected chi connectivity index (χ1v) is 8.89. The van der Waals surface area contributed by atoms with E-state index in [-0.39, 0.29) is 5.91 Å². The molecule has 4 amide bonds. The number of hydrogen-bond acceptors (Lipinski definition) is 3. The molecule has 0 bridgehead atoms. The molecule has 1 unspecified atom stereocenters. The van der Waals surface area contributed by atoms with Gasteiger partial charge in [-0.3, -0.25) is 14.9 Å². The summed E-state index contributed by atoms with van der Waals surface area (Å²) in [5.74, 6) is -0.792. The minimum absolute atomic E-state index is 0.346. The van der Waals surface area contributed by atoms with E-state index in [9.17, 15) is 14.4 Å². The van der Waals surface area contributed by atoms with E-state index in [0.717, 1.165) is 5.56 Å². The van der Waals surface area contributed by atoms with Gasteiger partial charge in [0.25, 0.3) is 11.8 Å². The predicted octanol–water partition coefficient (Wildman–Crippen LogP) is 3.72. The Bertz CT molecular complexity index is 947. The number of anilines is 1. The maximum Gasteiger partial charge on any atom is 0.322 e. The van der Waals surface area contributed by atoms with E-state index in [1.165, 1.54) is 0 Å². The highest BCUT2D eigenvalue weighted by molar-refractivity contribution is 9.10. The fourth-order valence-electron chi connectivity index (χ4n) is 2.67. The van der Waals surface area contributed by atoms with Gasteiger partial charge in [0.15, 0.2) is 0 Å². The zero-order valence-corrected chi connectivity index (χ0v) is 16.3. The molecular formula is C18H15BrClN3O3. The van der Waals surface area contributed by atoms with E-state index in [1.807, 2.05) is 6.92 Å². The van der Waals surface area contributed by atoms with Crippen LogP contribution in [0.25, 0.3) is 0 Å². The van der Waals surface area contributed by atoms with Crippen molar-refractivity contribution < 1.29 is 14.4 Å². The lowest BCUT2D eigenvalue weighted by atomic mass is 9.92. The van der Waals surface area contributed by atoms with Crippen LogP contribution in [0.3, 0.4) is 0 Å². The quantitative estimate of drug-likeness (QED) is 0.641. The number of carbonyl (C=O) groups excluding carboxylic acids is 3. The van der Waals surface area contributed by atoms with E-state index in [2.05, 4.69) is 31.9 Å². The highest BCUT2D eigenvalue weighted by Gasteiger charge is 2.43. The van der Waals surface area contributed by atoms with Crippen LogP contribution in [0, 0.1) is 6.92 Å². The highest BCUT2D eigenvalue weighted by atomic mass is 79.9. The molecule has 1 aliphatic heterocycles. The molecule has 0 aliphatic carbocycles. The van der Waals surface area contributed by atoms with Crippen molar-refractivity contribution in [3.8, 4) is 0 Å². The molecule has 1 heterocycles. The summed E-state index contributed by atoms with van der Waals surface area (Å²) in [4.78, 5) is 36.1. The second-order valence-electron chi connectivity index (χ2n) is 6.15. The van der Waals surface area contributed by atoms with Gasteiger partial charge in [-0.15, -0.1) is 0 Å². The normalized spacial score (nSPS) is 19.1. The first-order valence-electron chi connectivity index (χ1n) is 7.72. The molecule has 8 heteroatoms. The number of amides is 4. The lowest BCUT2D eigenvalue weighted by Crippen LogP contribution is -2.40. The fourth-order valence-corrected chi connectivity index (χ4v) is 3.47. The molecule has 2 aromatic rings. The molecule has 6 nitrogen and oxygen atoms in total. The van der Waals surface area contributed by atoms with Crippen LogP contribution < -0.4 is 16.0 Å². The molecule has 134 valence electrons. The summed E-state index contributed by atoms with van der Waals surface area (Å²) < 4.78 is 0.627. The van der Waals surface area contributed by atoms with Crippen LogP contribution in [0.15, 0.2) is 40.9 Å². The van der Waals surface area contributed by atoms with E-state index in [0.29, 0.717) is 26.3 Å². The molecule has 0 aromatic heterocycles. The van der Waals surface area contributed by atoms with Crippen molar-refractivity contribution in [2.45, 2.75) is 19.4 Å². The van der Waals surface area contributed by atoms with Crippen molar-refractivity contribution in [2.24, 2.45) is 0 Å². The third-order valence-corrected chi connectivity index (χ3v) is 5.30. The largest absolute Gasteiger partial charge is 0.322 e. The predicted molar refractivity (Wildman–Crippen MR) is 102 cm³/mol. The second-order valence-corrected chi connectivity index (χ2v) is 7.41. The van der Waals surface area contributed by atoms with Gasteiger partial charge in [0.05, 0.1) is 5.56 Å². The molecule has 26 heavy (non-hydrogen) atoms. The van der Waals surface area contributed by atoms with Gasteiger partial charge in [-0.05, 0) is 65.2 Å². The van der Waals surface area contributed by atoms with Gasteiger partial charge in [-0.25, -0.2) is 4.79 Å². The zero-order valence-electron chi connectivity index (χ0n) is 13.9. The standard InChI is InChI=1S/C18H15BrClN3O3/c1-9-6-13(19)12(8-14(9)20)15(24)21-11-5-3-4-10(7-11)18(2)16(25)22-17(26)23-18/h3-8H,1-2H3,(H,21,24)(H2,22,23,25,26). The first kappa shape index (κ1) is 18.4. The molecule has 1 fully saturated rings. The Labute approximate surface area is 163 Å². The van der Waals surface area contributed by atoms with Gasteiger partial charge in [-0.1, -0.05) is 23.7 Å². The lowest BCUT2D eigenvalue weighted by Gasteiger charge is -2.21. The topological polar surface area (TPSA) is 87.3 Å². The molecule has 0 spiro atoms. The molecule has 3 N–H and O–H groups in total. The Morgan fingerprint density at radius 1 is 1.23 bits per heavy atom. The van der Waals surface area contributed by atoms with Crippen LogP contribution in [-0.2, 0) is 10.3 Å². The minimum atomic E-state index is -1.19. The average molecular weight is 437 g/mol. The SMILES string of the molecule is Cc1cc(Br)c(C(=O)Nc2cccc(C3(C)NC(=O)NC3=O)c2)cc1Cl. The number of urea groups is 1. The number of rotatable bonds is 3. The lowest BCUT2D eigenvalue weighted by molar-refractivity contribution is -0.123. The van der Waals surface area contributed by atoms with Crippen molar-refractivity contribution in [1.82, 2.24) is 10.6 Å². The van der Waals surface area contributed by atoms with Crippen LogP contribution in [-0.4, -0.2) is 17.8 Å². The van der Waals surface area contributed by atoms with E-state index in [4.69, 9.17) is 11.6 Å². The Morgan fingerprint density at radius 3 is 2.62 bits per heavy atom. The molecule has 1 saturated heterocycles. The third kappa shape index (κ3) is 3.32. The van der Waals surface area contributed by atoms with Crippen molar-refractivity contribution >= 4 is 51.1 Å². The first-order chi connectivity index (χ1) is 12.2. The molecule has 3 rings (SSSR count). The number of nitrogens with one attached hydrogen (secondary N) is 3. The summed E-state index contributed by atoms with van der Waals surface area (Å²) >= 11 is 9.47. The van der Waals surface area contributed by atoms with E-state index < -0.39 is 17.5 Å². The van der Waals surface area contributed by atoms with Gasteiger partial charge >= 0.3 is 6.03 Å². The molecule has 2 aromatic carbocycles. The second kappa shape index (κ2) is 6.74. The van der Waals surface area contributed by atoms with Gasteiger partial charge in [-0.2, -0.15) is 0 Å². The number of carbonyl (C=O) groups is 3. The van der Waals surface area contributed by atoms with Gasteiger partial charge in [0, 0.05) is 15.2 Å². The van der Waals surface area contributed by atoms with Crippen LogP contribution in [0.1, 0.15) is 28.4 Å². The van der Waals surface area contributed by atoms with Crippen molar-refractivity contribution in [2.75, 3.05) is 5.32 Å². The monoisotopic (exact) mass is 435 g/mol. The van der Waals surface area contributed by atoms with Crippen molar-refractivity contribution in [1.29, 1.82) is 0 Å². The summed E-state index contributed by atoms with van der Waals surface area (Å²) in [5.41, 5.74) is 1.11. The number of aryl methyl sites for hydroxylation is 1. The van der Waals surface area contributed by atoms with Gasteiger partial charge in [0.1, 0.15) is 5.54 Å². The van der Waals surface area contributed by atoms with E-state index in [1.54, 1.807) is 43.3 Å². The Morgan fingerprint density at radius 2 is 1.96 bits per heavy atom. The molecule has 1 aliphatic rings. The van der Waals surface area contributed by atoms with Crippen LogP contribution in [0.5, 0.6) is 0 Å². The number of benzene rings is 2. The van der Waals surface area contributed by atoms with Crippen LogP contribution in [0.4, 0.5) is 10.5 Å². The molecule has 0 radical (unpaired) electrons. The number of halogens is 2. The molecular weight excluding hydrogens is 422 g/mol. The summed E-state index contributed by atoms with van der Waals surface area (Å²) in [6.45, 7) is 3.45. The summed E-state index contributed by atoms with van der Waals surface area (Å²) in [5, 5.41) is 8.08. The third-order valence-electron chi connectivity index (χ3n) is 4.24. The van der Waals surface area contributed by atoms with Gasteiger partial charge in [0.2, 0.25) is 0 Å². The summed E-state index contributed by atoms with van der Waals surface area (Å²) in [6, 6.07) is 9.56. The smallest absolute Gasteiger partial charge is 0.322 e. The minimum Gasteiger partial charge on any atom is -0.322 e. The van der Waals surface area contributed by atoms with Crippen molar-refractivity contribution in [3.63, 3.8) is 0 Å². The Hall–Kier alpha value is -2.38. The highest BCUT2D eigenvalue weighted by Crippen LogP contribution is 2.28. The maximum atomic E-state index is 12.6. The average Bonchev–Trinajstić information content (AvgIpc) is 2.84. The van der Waals surface area contributed by atoms with Crippen molar-refractivity contribution in [3.05, 3.63) is 62.6 Å². The Balaban J connectivity index is 1.88. The number of hydrogen-bond donors (Lipinski definition) is 3. The molecule has 0 saturated carbocycles. The van der Waals surface area contributed by atoms with Crippen LogP contribution in [0.2, 0.25) is 5.02 Å². The van der Waals surface area contributed by atoms with Gasteiger partial charge < -0.3 is 10.6 Å². The molecule has 1 atom stereocenters. The summed E-state index contributed by atoms with van der Waals surface area (Å²) in [6.07, 6.45) is 0. The van der Waals surface area contributed by atoms with Crippen LogP contribution >= 0.6 is 27.5 Å².